The third-order valence-electron chi connectivity index (χ3n) is 4.74. The van der Waals surface area contributed by atoms with Crippen molar-refractivity contribution < 1.29 is 9.53 Å². The Morgan fingerprint density at radius 2 is 1.97 bits per heavy atom. The molecule has 1 N–H and O–H groups in total. The van der Waals surface area contributed by atoms with Crippen LogP contribution in [0, 0.1) is 13.8 Å². The van der Waals surface area contributed by atoms with Crippen LogP contribution in [0.15, 0.2) is 52.2 Å². The summed E-state index contributed by atoms with van der Waals surface area (Å²) >= 11 is 3.01. The molecule has 1 amide bonds. The minimum atomic E-state index is -0.253. The van der Waals surface area contributed by atoms with Gasteiger partial charge in [0.05, 0.1) is 18.3 Å². The van der Waals surface area contributed by atoms with E-state index in [-0.39, 0.29) is 18.0 Å². The molecule has 3 aromatic heterocycles. The van der Waals surface area contributed by atoms with E-state index in [1.54, 1.807) is 11.3 Å². The highest BCUT2D eigenvalue weighted by Gasteiger charge is 2.15. The lowest BCUT2D eigenvalue weighted by Crippen LogP contribution is -2.34. The number of para-hydroxylation sites is 1. The van der Waals surface area contributed by atoms with Crippen molar-refractivity contribution in [2.24, 2.45) is 0 Å². The quantitative estimate of drug-likeness (QED) is 0.442. The van der Waals surface area contributed by atoms with Crippen LogP contribution in [0.5, 0.6) is 5.75 Å². The van der Waals surface area contributed by atoms with Gasteiger partial charge in [-0.25, -0.2) is 4.98 Å². The molecular formula is C22H21N3O3S2. The summed E-state index contributed by atoms with van der Waals surface area (Å²) in [5.41, 5.74) is 2.79. The monoisotopic (exact) mass is 439 g/mol. The van der Waals surface area contributed by atoms with E-state index in [2.05, 4.69) is 10.3 Å². The molecule has 30 heavy (non-hydrogen) atoms. The Bertz CT molecular complexity index is 1220. The Morgan fingerprint density at radius 1 is 1.17 bits per heavy atom. The van der Waals surface area contributed by atoms with Gasteiger partial charge in [0.25, 0.3) is 5.56 Å². The molecule has 8 heteroatoms. The summed E-state index contributed by atoms with van der Waals surface area (Å²) in [5, 5.41) is 7.29. The van der Waals surface area contributed by atoms with Crippen LogP contribution in [0.3, 0.4) is 0 Å². The van der Waals surface area contributed by atoms with Gasteiger partial charge >= 0.3 is 0 Å². The first kappa shape index (κ1) is 20.3. The number of amides is 1. The van der Waals surface area contributed by atoms with Gasteiger partial charge in [-0.05, 0) is 36.4 Å². The summed E-state index contributed by atoms with van der Waals surface area (Å²) in [6.07, 6.45) is 1.44. The van der Waals surface area contributed by atoms with E-state index < -0.39 is 0 Å². The van der Waals surface area contributed by atoms with Crippen LogP contribution < -0.4 is 15.6 Å². The fourth-order valence-electron chi connectivity index (χ4n) is 3.27. The molecular weight excluding hydrogens is 418 g/mol. The molecule has 0 unspecified atom stereocenters. The van der Waals surface area contributed by atoms with Gasteiger partial charge in [0.2, 0.25) is 5.91 Å². The fraction of sp³-hybridized carbons (Fsp3) is 0.227. The zero-order valence-corrected chi connectivity index (χ0v) is 18.3. The van der Waals surface area contributed by atoms with Crippen LogP contribution in [-0.2, 0) is 11.3 Å². The molecule has 3 heterocycles. The second-order valence-electron chi connectivity index (χ2n) is 6.90. The van der Waals surface area contributed by atoms with E-state index in [0.717, 1.165) is 27.3 Å². The maximum absolute atomic E-state index is 13.0. The highest BCUT2D eigenvalue weighted by Crippen LogP contribution is 2.33. The summed E-state index contributed by atoms with van der Waals surface area (Å²) in [4.78, 5) is 31.4. The highest BCUT2D eigenvalue weighted by molar-refractivity contribution is 7.18. The number of thiophene rings is 2. The lowest BCUT2D eigenvalue weighted by atomic mass is 10.1. The van der Waals surface area contributed by atoms with E-state index in [4.69, 9.17) is 4.74 Å². The van der Waals surface area contributed by atoms with Gasteiger partial charge in [0, 0.05) is 15.8 Å². The largest absolute Gasteiger partial charge is 0.491 e. The number of ether oxygens (including phenoxy) is 1. The van der Waals surface area contributed by atoms with Crippen molar-refractivity contribution in [3.05, 3.63) is 68.9 Å². The number of rotatable bonds is 7. The topological polar surface area (TPSA) is 73.2 Å². The standard InChI is InChI=1S/C22H21N3O3S2/c1-14-5-3-6-15(2)20(14)28-9-8-23-18(26)11-25-13-24-21-19(22(25)27)16(12-30-21)17-7-4-10-29-17/h3-7,10,12-13H,8-9,11H2,1-2H3,(H,23,26). The lowest BCUT2D eigenvalue weighted by Gasteiger charge is -2.12. The summed E-state index contributed by atoms with van der Waals surface area (Å²) < 4.78 is 7.16. The molecule has 4 aromatic rings. The SMILES string of the molecule is Cc1cccc(C)c1OCCNC(=O)Cn1cnc2scc(-c3cccs3)c2c1=O. The van der Waals surface area contributed by atoms with Crippen molar-refractivity contribution in [1.82, 2.24) is 14.9 Å². The van der Waals surface area contributed by atoms with Crippen LogP contribution in [0.2, 0.25) is 0 Å². The number of aromatic nitrogens is 2. The van der Waals surface area contributed by atoms with Gasteiger partial charge in [0.15, 0.2) is 0 Å². The first-order valence-corrected chi connectivity index (χ1v) is 11.3. The van der Waals surface area contributed by atoms with Gasteiger partial charge in [-0.1, -0.05) is 24.3 Å². The first-order valence-electron chi connectivity index (χ1n) is 9.51. The molecule has 0 atom stereocenters. The van der Waals surface area contributed by atoms with Crippen LogP contribution >= 0.6 is 22.7 Å². The second-order valence-corrected chi connectivity index (χ2v) is 8.71. The van der Waals surface area contributed by atoms with Gasteiger partial charge in [-0.3, -0.25) is 14.2 Å². The number of nitrogens with one attached hydrogen (secondary N) is 1. The molecule has 0 fully saturated rings. The van der Waals surface area contributed by atoms with Crippen LogP contribution in [0.1, 0.15) is 11.1 Å². The average molecular weight is 440 g/mol. The number of hydrogen-bond donors (Lipinski definition) is 1. The molecule has 0 saturated carbocycles. The van der Waals surface area contributed by atoms with Gasteiger partial charge in [0.1, 0.15) is 23.7 Å². The number of carbonyl (C=O) groups excluding carboxylic acids is 1. The molecule has 0 spiro atoms. The van der Waals surface area contributed by atoms with E-state index in [0.29, 0.717) is 23.4 Å². The third kappa shape index (κ3) is 4.15. The predicted molar refractivity (Wildman–Crippen MR) is 122 cm³/mol. The highest BCUT2D eigenvalue weighted by atomic mass is 32.1. The Kier molecular flexibility index (Phi) is 5.96. The average Bonchev–Trinajstić information content (AvgIpc) is 3.39. The van der Waals surface area contributed by atoms with Crippen molar-refractivity contribution in [2.45, 2.75) is 20.4 Å². The smallest absolute Gasteiger partial charge is 0.263 e. The van der Waals surface area contributed by atoms with E-state index >= 15 is 0 Å². The molecule has 1 aromatic carbocycles. The summed E-state index contributed by atoms with van der Waals surface area (Å²) in [6, 6.07) is 9.90. The normalized spacial score (nSPS) is 11.0. The Labute approximate surface area is 181 Å². The van der Waals surface area contributed by atoms with Crippen molar-refractivity contribution >= 4 is 38.8 Å². The number of nitrogens with zero attached hydrogens (tertiary/aromatic N) is 2. The third-order valence-corrected chi connectivity index (χ3v) is 6.53. The minimum absolute atomic E-state index is 0.0785. The van der Waals surface area contributed by atoms with E-state index in [1.807, 2.05) is 54.9 Å². The number of hydrogen-bond acceptors (Lipinski definition) is 6. The molecule has 6 nitrogen and oxygen atoms in total. The maximum Gasteiger partial charge on any atom is 0.263 e. The zero-order valence-electron chi connectivity index (χ0n) is 16.7. The number of carbonyl (C=O) groups is 1. The molecule has 4 rings (SSSR count). The first-order chi connectivity index (χ1) is 14.5. The lowest BCUT2D eigenvalue weighted by molar-refractivity contribution is -0.121. The van der Waals surface area contributed by atoms with Crippen molar-refractivity contribution in [3.8, 4) is 16.2 Å². The number of benzene rings is 1. The van der Waals surface area contributed by atoms with Crippen LogP contribution in [0.25, 0.3) is 20.7 Å². The van der Waals surface area contributed by atoms with E-state index in [1.165, 1.54) is 22.2 Å². The van der Waals surface area contributed by atoms with Crippen molar-refractivity contribution in [2.75, 3.05) is 13.2 Å². The molecule has 0 bridgehead atoms. The molecule has 0 aliphatic carbocycles. The summed E-state index contributed by atoms with van der Waals surface area (Å²) in [5.74, 6) is 0.590. The van der Waals surface area contributed by atoms with Gasteiger partial charge in [-0.15, -0.1) is 22.7 Å². The summed E-state index contributed by atoms with van der Waals surface area (Å²) in [7, 11) is 0. The van der Waals surface area contributed by atoms with Crippen molar-refractivity contribution in [1.29, 1.82) is 0 Å². The Morgan fingerprint density at radius 3 is 2.70 bits per heavy atom. The number of aryl methyl sites for hydroxylation is 2. The molecule has 154 valence electrons. The number of fused-ring (bicyclic) bond motifs is 1. The summed E-state index contributed by atoms with van der Waals surface area (Å²) in [6.45, 7) is 4.62. The van der Waals surface area contributed by atoms with Crippen LogP contribution in [0.4, 0.5) is 0 Å². The molecule has 0 aliphatic heterocycles. The second kappa shape index (κ2) is 8.81. The molecule has 0 radical (unpaired) electrons. The van der Waals surface area contributed by atoms with Crippen molar-refractivity contribution in [3.63, 3.8) is 0 Å². The van der Waals surface area contributed by atoms with Crippen LogP contribution in [-0.4, -0.2) is 28.6 Å². The molecule has 0 aliphatic rings. The Balaban J connectivity index is 1.40. The Hall–Kier alpha value is -2.97. The van der Waals surface area contributed by atoms with Gasteiger partial charge in [-0.2, -0.15) is 0 Å². The molecule has 0 saturated heterocycles. The predicted octanol–water partition coefficient (Wildman–Crippen LogP) is 4.00. The maximum atomic E-state index is 13.0. The fourth-order valence-corrected chi connectivity index (χ4v) is 5.00. The zero-order chi connectivity index (χ0) is 21.1. The minimum Gasteiger partial charge on any atom is -0.491 e. The van der Waals surface area contributed by atoms with Gasteiger partial charge < -0.3 is 10.1 Å². The van der Waals surface area contributed by atoms with E-state index in [9.17, 15) is 9.59 Å².